The third-order valence-electron chi connectivity index (χ3n) is 10.5. The zero-order chi connectivity index (χ0) is 45.4. The second kappa shape index (κ2) is 23.7. The highest BCUT2D eigenvalue weighted by Crippen LogP contribution is 2.42. The number of guanidine groups is 1. The van der Waals surface area contributed by atoms with Crippen molar-refractivity contribution >= 4 is 41.5 Å². The second-order valence-corrected chi connectivity index (χ2v) is 14.9. The quantitative estimate of drug-likeness (QED) is 0.0133. The number of amides is 4. The number of phenolic OH excluding ortho intramolecular Hbond substituents is 1. The number of carbonyl (C=O) groups excluding carboxylic acids is 6. The van der Waals surface area contributed by atoms with Gasteiger partial charge in [-0.2, -0.15) is 0 Å². The third kappa shape index (κ3) is 13.7. The molecule has 2 aliphatic rings. The van der Waals surface area contributed by atoms with Crippen molar-refractivity contribution in [3.8, 4) is 11.5 Å². The molecule has 1 saturated heterocycles. The first-order valence-corrected chi connectivity index (χ1v) is 20.1. The van der Waals surface area contributed by atoms with Crippen LogP contribution in [0.1, 0.15) is 98.7 Å². The average molecular weight is 862 g/mol. The molecule has 1 fully saturated rings. The Morgan fingerprint density at radius 2 is 1.80 bits per heavy atom. The van der Waals surface area contributed by atoms with E-state index in [4.69, 9.17) is 25.7 Å². The lowest BCUT2D eigenvalue weighted by Gasteiger charge is -2.31. The first kappa shape index (κ1) is 49.3. The Morgan fingerprint density at radius 1 is 1.10 bits per heavy atom. The first-order chi connectivity index (χ1) is 28.9. The van der Waals surface area contributed by atoms with Crippen molar-refractivity contribution < 1.29 is 58.2 Å². The van der Waals surface area contributed by atoms with Crippen molar-refractivity contribution in [2.24, 2.45) is 16.5 Å². The lowest BCUT2D eigenvalue weighted by atomic mass is 9.94. The summed E-state index contributed by atoms with van der Waals surface area (Å²) in [4.78, 5) is 94.8. The number of unbranched alkanes of at least 4 members (excludes halogenated alkanes) is 1. The molecular formula is C39H59N9O13. The fraction of sp³-hybridized carbons (Fsp3) is 0.615. The predicted octanol–water partition coefficient (Wildman–Crippen LogP) is -0.347. The van der Waals surface area contributed by atoms with E-state index >= 15 is 0 Å². The number of nitrogens with one attached hydrogen (secondary N) is 4. The van der Waals surface area contributed by atoms with E-state index in [9.17, 15) is 49.1 Å². The highest BCUT2D eigenvalue weighted by atomic mass is 16.7. The van der Waals surface area contributed by atoms with Crippen molar-refractivity contribution in [2.45, 2.75) is 122 Å². The highest BCUT2D eigenvalue weighted by molar-refractivity contribution is 5.98. The maximum atomic E-state index is 14.1. The van der Waals surface area contributed by atoms with Crippen LogP contribution in [-0.4, -0.2) is 126 Å². The van der Waals surface area contributed by atoms with E-state index in [-0.39, 0.29) is 76.0 Å². The summed E-state index contributed by atoms with van der Waals surface area (Å²) in [7, 11) is 2.60. The number of likely N-dealkylation sites (tertiary alicyclic amines) is 1. The van der Waals surface area contributed by atoms with Gasteiger partial charge in [-0.25, -0.2) is 24.7 Å². The van der Waals surface area contributed by atoms with Crippen LogP contribution in [0.25, 0.3) is 0 Å². The number of carbonyl (C=O) groups is 6. The average Bonchev–Trinajstić information content (AvgIpc) is 3.87. The summed E-state index contributed by atoms with van der Waals surface area (Å²) in [5.41, 5.74) is 15.3. The number of nitrogens with two attached hydrogens (primary N) is 2. The zero-order valence-electron chi connectivity index (χ0n) is 35.2. The summed E-state index contributed by atoms with van der Waals surface area (Å²) >= 11 is 0. The predicted molar refractivity (Wildman–Crippen MR) is 218 cm³/mol. The van der Waals surface area contributed by atoms with Crippen molar-refractivity contribution in [1.82, 2.24) is 26.3 Å². The Labute approximate surface area is 353 Å². The third-order valence-corrected chi connectivity index (χ3v) is 10.5. The number of aliphatic hydroxyl groups is 1. The Balaban J connectivity index is 1.66. The van der Waals surface area contributed by atoms with Crippen LogP contribution in [-0.2, 0) is 46.5 Å². The number of esters is 2. The summed E-state index contributed by atoms with van der Waals surface area (Å²) in [6.07, 6.45) is 2.82. The SMILES string of the molecule is COC(=O)[C@H](CCCN=C(N)N[N+](=O)[O-])NC(=O)[C@@H]1CCCN1C(=O)[C@H](CCCCN)NC(=O)[C@@H](NC(=O)CC/C(C)=C/Cc1c(O)c2c(c(C)c1OC)COC2=O)[C@@H](C)O. The molecule has 0 aliphatic carbocycles. The summed E-state index contributed by atoms with van der Waals surface area (Å²) < 4.78 is 15.5. The van der Waals surface area contributed by atoms with Crippen molar-refractivity contribution in [2.75, 3.05) is 33.9 Å². The summed E-state index contributed by atoms with van der Waals surface area (Å²) in [6, 6.07) is -4.71. The molecule has 0 bridgehead atoms. The number of cyclic esters (lactones) is 1. The molecule has 3 rings (SSSR count). The van der Waals surface area contributed by atoms with Gasteiger partial charge < -0.3 is 56.7 Å². The van der Waals surface area contributed by atoms with Crippen LogP contribution in [0.2, 0.25) is 0 Å². The Bertz CT molecular complexity index is 1850. The van der Waals surface area contributed by atoms with E-state index in [1.54, 1.807) is 25.3 Å². The molecule has 1 aromatic carbocycles. The number of phenols is 1. The van der Waals surface area contributed by atoms with Gasteiger partial charge in [0.15, 0.2) is 5.03 Å². The van der Waals surface area contributed by atoms with Gasteiger partial charge in [0, 0.05) is 30.6 Å². The van der Waals surface area contributed by atoms with Crippen molar-refractivity contribution in [3.63, 3.8) is 0 Å². The number of ether oxygens (including phenoxy) is 3. The number of nitrogens with zero attached hydrogens (tertiary/aromatic N) is 3. The smallest absolute Gasteiger partial charge is 0.342 e. The molecule has 61 heavy (non-hydrogen) atoms. The van der Waals surface area contributed by atoms with E-state index in [1.807, 2.05) is 0 Å². The fourth-order valence-corrected chi connectivity index (χ4v) is 7.17. The fourth-order valence-electron chi connectivity index (χ4n) is 7.17. The molecule has 2 aliphatic heterocycles. The minimum Gasteiger partial charge on any atom is -0.507 e. The van der Waals surface area contributed by atoms with Crippen LogP contribution in [0.4, 0.5) is 0 Å². The lowest BCUT2D eigenvalue weighted by molar-refractivity contribution is -0.525. The van der Waals surface area contributed by atoms with Crippen LogP contribution in [0, 0.1) is 17.0 Å². The molecule has 5 atom stereocenters. The number of nitro groups is 1. The number of hydrogen-bond donors (Lipinski definition) is 8. The molecule has 338 valence electrons. The lowest BCUT2D eigenvalue weighted by Crippen LogP contribution is -2.59. The van der Waals surface area contributed by atoms with E-state index in [1.165, 1.54) is 18.9 Å². The number of allylic oxidation sites excluding steroid dienone is 2. The highest BCUT2D eigenvalue weighted by Gasteiger charge is 2.40. The van der Waals surface area contributed by atoms with Gasteiger partial charge >= 0.3 is 11.9 Å². The molecule has 0 saturated carbocycles. The number of aromatic hydroxyl groups is 1. The summed E-state index contributed by atoms with van der Waals surface area (Å²) in [5.74, 6) is -4.20. The van der Waals surface area contributed by atoms with Crippen LogP contribution >= 0.6 is 0 Å². The minimum absolute atomic E-state index is 0.00166. The van der Waals surface area contributed by atoms with Gasteiger partial charge in [0.25, 0.3) is 5.96 Å². The summed E-state index contributed by atoms with van der Waals surface area (Å²) in [5, 5.41) is 39.0. The van der Waals surface area contributed by atoms with Crippen LogP contribution in [0.15, 0.2) is 16.6 Å². The van der Waals surface area contributed by atoms with Gasteiger partial charge in [0.1, 0.15) is 47.8 Å². The van der Waals surface area contributed by atoms with E-state index in [0.29, 0.717) is 48.2 Å². The number of aliphatic imine (C=N–C) groups is 1. The van der Waals surface area contributed by atoms with Gasteiger partial charge in [-0.15, -0.1) is 0 Å². The normalized spacial score (nSPS) is 17.0. The Hall–Kier alpha value is -6.03. The molecule has 22 heteroatoms. The molecule has 0 unspecified atom stereocenters. The molecular weight excluding hydrogens is 802 g/mol. The van der Waals surface area contributed by atoms with Crippen LogP contribution in [0.3, 0.4) is 0 Å². The standard InChI is InChI=1S/C39H59N9O13/c1-21(13-15-24-32(51)30-25(20-61-38(30)56)22(2)33(24)59-4)14-16-29(50)45-31(23(3)49)35(53)43-26(10-6-7-17-40)36(54)47-19-9-12-28(47)34(52)44-27(37(55)60-5)11-8-18-42-39(41)46-48(57)58/h13,23,26-28,31,49,51H,6-12,14-20,40H2,1-5H3,(H,43,53)(H,44,52)(H,45,50)(H3,41,42,46)/b21-13+/t23-,26+,27+,28+,31+/m1/s1. The molecule has 10 N–H and O–H groups in total. The zero-order valence-corrected chi connectivity index (χ0v) is 35.2. The van der Waals surface area contributed by atoms with Gasteiger partial charge in [-0.1, -0.05) is 17.1 Å². The number of fused-ring (bicyclic) bond motifs is 1. The maximum Gasteiger partial charge on any atom is 0.342 e. The molecule has 4 amide bonds. The molecule has 22 nitrogen and oxygen atoms in total. The number of methoxy groups -OCH3 is 2. The Morgan fingerprint density at radius 3 is 2.44 bits per heavy atom. The molecule has 0 radical (unpaired) electrons. The van der Waals surface area contributed by atoms with Gasteiger partial charge in [-0.05, 0) is 90.7 Å². The summed E-state index contributed by atoms with van der Waals surface area (Å²) in [6.45, 7) is 5.40. The molecule has 0 spiro atoms. The van der Waals surface area contributed by atoms with Crippen molar-refractivity contribution in [1.29, 1.82) is 0 Å². The van der Waals surface area contributed by atoms with Gasteiger partial charge in [0.05, 0.1) is 20.3 Å². The molecule has 2 heterocycles. The number of rotatable bonds is 23. The minimum atomic E-state index is -1.44. The topological polar surface area (TPSA) is 329 Å². The maximum absolute atomic E-state index is 14.1. The largest absolute Gasteiger partial charge is 0.507 e. The van der Waals surface area contributed by atoms with Crippen molar-refractivity contribution in [3.05, 3.63) is 44.0 Å². The molecule has 1 aromatic rings. The van der Waals surface area contributed by atoms with E-state index in [2.05, 4.69) is 20.9 Å². The monoisotopic (exact) mass is 861 g/mol. The second-order valence-electron chi connectivity index (χ2n) is 14.9. The number of hydrogen-bond acceptors (Lipinski definition) is 15. The van der Waals surface area contributed by atoms with Gasteiger partial charge in [0.2, 0.25) is 23.6 Å². The van der Waals surface area contributed by atoms with Gasteiger partial charge in [-0.3, -0.25) is 19.2 Å². The van der Waals surface area contributed by atoms with Crippen LogP contribution in [0.5, 0.6) is 11.5 Å². The molecule has 0 aromatic heterocycles. The first-order valence-electron chi connectivity index (χ1n) is 20.1. The number of aliphatic hydroxyl groups excluding tert-OH is 1. The number of hydrazine groups is 1. The van der Waals surface area contributed by atoms with E-state index < -0.39 is 76.8 Å². The Kier molecular flexibility index (Phi) is 19.1. The number of benzene rings is 1. The van der Waals surface area contributed by atoms with E-state index in [0.717, 1.165) is 12.7 Å². The van der Waals surface area contributed by atoms with Crippen LogP contribution < -0.4 is 37.6 Å².